The lowest BCUT2D eigenvalue weighted by Gasteiger charge is -2.10. The number of rotatable bonds is 6. The third-order valence-corrected chi connectivity index (χ3v) is 7.01. The van der Waals surface area contributed by atoms with Crippen molar-refractivity contribution in [3.8, 4) is 11.3 Å². The minimum Gasteiger partial charge on any atom is -0.361 e. The SMILES string of the molecule is Cc1ccc(N=c2scc(-c3cccc([N+](=O)[O-])c3)n2CCc2c[nH]c3ccccc23)cc1C. The molecule has 0 spiro atoms. The Hall–Kier alpha value is -3.97. The van der Waals surface area contributed by atoms with E-state index < -0.39 is 0 Å². The molecule has 0 saturated carbocycles. The van der Waals surface area contributed by atoms with Gasteiger partial charge in [-0.2, -0.15) is 0 Å². The van der Waals surface area contributed by atoms with E-state index in [1.165, 1.54) is 28.1 Å². The molecule has 0 aliphatic carbocycles. The van der Waals surface area contributed by atoms with E-state index in [2.05, 4.69) is 53.9 Å². The van der Waals surface area contributed by atoms with Crippen LogP contribution >= 0.6 is 11.3 Å². The summed E-state index contributed by atoms with van der Waals surface area (Å²) in [5.41, 5.74) is 7.50. The van der Waals surface area contributed by atoms with Gasteiger partial charge in [0, 0.05) is 46.7 Å². The fraction of sp³-hybridized carbons (Fsp3) is 0.148. The van der Waals surface area contributed by atoms with Crippen molar-refractivity contribution in [2.24, 2.45) is 4.99 Å². The van der Waals surface area contributed by atoms with E-state index in [-0.39, 0.29) is 10.6 Å². The Morgan fingerprint density at radius 1 is 1.03 bits per heavy atom. The van der Waals surface area contributed by atoms with E-state index in [0.717, 1.165) is 33.7 Å². The molecule has 5 aromatic rings. The number of aryl methyl sites for hydroxylation is 3. The molecule has 0 aliphatic rings. The average molecular weight is 469 g/mol. The van der Waals surface area contributed by atoms with E-state index in [9.17, 15) is 10.1 Å². The third-order valence-electron chi connectivity index (χ3n) is 6.15. The number of hydrogen-bond acceptors (Lipinski definition) is 4. The molecular weight excluding hydrogens is 444 g/mol. The standard InChI is InChI=1S/C27H24N4O2S/c1-18-10-11-22(14-19(18)2)29-27-30(13-12-21-16-28-25-9-4-3-8-24(21)25)26(17-34-27)20-6-5-7-23(15-20)31(32)33/h3-11,14-17,28H,12-13H2,1-2H3. The van der Waals surface area contributed by atoms with Gasteiger partial charge in [0.1, 0.15) is 0 Å². The van der Waals surface area contributed by atoms with Gasteiger partial charge in [-0.25, -0.2) is 4.99 Å². The molecule has 6 nitrogen and oxygen atoms in total. The number of nitrogens with one attached hydrogen (secondary N) is 1. The fourth-order valence-electron chi connectivity index (χ4n) is 4.12. The van der Waals surface area contributed by atoms with Gasteiger partial charge in [-0.15, -0.1) is 11.3 Å². The molecule has 2 aromatic heterocycles. The predicted octanol–water partition coefficient (Wildman–Crippen LogP) is 6.70. The number of nitro benzene ring substituents is 1. The molecule has 2 heterocycles. The number of hydrogen-bond donors (Lipinski definition) is 1. The van der Waals surface area contributed by atoms with E-state index in [0.29, 0.717) is 6.54 Å². The van der Waals surface area contributed by atoms with Crippen molar-refractivity contribution in [2.75, 3.05) is 0 Å². The Labute approximate surface area is 201 Å². The van der Waals surface area contributed by atoms with E-state index in [1.54, 1.807) is 23.5 Å². The average Bonchev–Trinajstić information content (AvgIpc) is 3.44. The van der Waals surface area contributed by atoms with Crippen LogP contribution in [0.15, 0.2) is 83.3 Å². The van der Waals surface area contributed by atoms with E-state index in [4.69, 9.17) is 4.99 Å². The first-order chi connectivity index (χ1) is 16.5. The normalized spacial score (nSPS) is 11.9. The number of aromatic nitrogens is 2. The smallest absolute Gasteiger partial charge is 0.270 e. The zero-order valence-corrected chi connectivity index (χ0v) is 19.8. The molecule has 7 heteroatoms. The van der Waals surface area contributed by atoms with Gasteiger partial charge in [-0.05, 0) is 55.2 Å². The van der Waals surface area contributed by atoms with Gasteiger partial charge >= 0.3 is 0 Å². The zero-order chi connectivity index (χ0) is 23.7. The fourth-order valence-corrected chi connectivity index (χ4v) is 5.08. The number of fused-ring (bicyclic) bond motifs is 1. The van der Waals surface area contributed by atoms with Crippen LogP contribution in [-0.2, 0) is 13.0 Å². The summed E-state index contributed by atoms with van der Waals surface area (Å²) in [4.78, 5) is 20.2. The molecule has 0 atom stereocenters. The Kier molecular flexibility index (Phi) is 5.86. The summed E-state index contributed by atoms with van der Waals surface area (Å²) in [5, 5.41) is 14.6. The first-order valence-electron chi connectivity index (χ1n) is 11.1. The molecule has 34 heavy (non-hydrogen) atoms. The maximum absolute atomic E-state index is 11.4. The van der Waals surface area contributed by atoms with Crippen molar-refractivity contribution < 1.29 is 4.92 Å². The van der Waals surface area contributed by atoms with Gasteiger partial charge in [-0.3, -0.25) is 10.1 Å². The topological polar surface area (TPSA) is 76.2 Å². The molecule has 0 amide bonds. The summed E-state index contributed by atoms with van der Waals surface area (Å²) in [6, 6.07) is 21.3. The molecule has 0 aliphatic heterocycles. The summed E-state index contributed by atoms with van der Waals surface area (Å²) in [5.74, 6) is 0. The van der Waals surface area contributed by atoms with Gasteiger partial charge in [0.15, 0.2) is 4.80 Å². The summed E-state index contributed by atoms with van der Waals surface area (Å²) >= 11 is 1.55. The molecule has 1 N–H and O–H groups in total. The maximum Gasteiger partial charge on any atom is 0.270 e. The van der Waals surface area contributed by atoms with Crippen molar-refractivity contribution in [1.82, 2.24) is 9.55 Å². The van der Waals surface area contributed by atoms with Crippen molar-refractivity contribution in [2.45, 2.75) is 26.8 Å². The molecule has 0 radical (unpaired) electrons. The van der Waals surface area contributed by atoms with Crippen molar-refractivity contribution in [3.05, 3.63) is 110 Å². The summed E-state index contributed by atoms with van der Waals surface area (Å²) in [6.07, 6.45) is 2.87. The lowest BCUT2D eigenvalue weighted by atomic mass is 10.1. The number of nitro groups is 1. The Balaban J connectivity index is 1.59. The number of nitrogens with zero attached hydrogens (tertiary/aromatic N) is 3. The van der Waals surface area contributed by atoms with Crippen LogP contribution in [0.3, 0.4) is 0 Å². The predicted molar refractivity (Wildman–Crippen MR) is 138 cm³/mol. The minimum absolute atomic E-state index is 0.0829. The molecule has 5 rings (SSSR count). The highest BCUT2D eigenvalue weighted by Crippen LogP contribution is 2.26. The monoisotopic (exact) mass is 468 g/mol. The van der Waals surface area contributed by atoms with E-state index >= 15 is 0 Å². The Morgan fingerprint density at radius 2 is 1.88 bits per heavy atom. The first kappa shape index (κ1) is 21.9. The number of H-pyrrole nitrogens is 1. The highest BCUT2D eigenvalue weighted by molar-refractivity contribution is 7.07. The van der Waals surface area contributed by atoms with Crippen LogP contribution in [-0.4, -0.2) is 14.5 Å². The second-order valence-corrected chi connectivity index (χ2v) is 9.19. The molecule has 0 saturated heterocycles. The number of thiazole rings is 1. The third kappa shape index (κ3) is 4.30. The summed E-state index contributed by atoms with van der Waals surface area (Å²) in [7, 11) is 0. The van der Waals surface area contributed by atoms with Gasteiger partial charge < -0.3 is 9.55 Å². The first-order valence-corrected chi connectivity index (χ1v) is 12.0. The highest BCUT2D eigenvalue weighted by atomic mass is 32.1. The van der Waals surface area contributed by atoms with Crippen molar-refractivity contribution in [1.29, 1.82) is 0 Å². The van der Waals surface area contributed by atoms with Crippen molar-refractivity contribution >= 4 is 33.6 Å². The van der Waals surface area contributed by atoms with Crippen LogP contribution in [0.25, 0.3) is 22.2 Å². The lowest BCUT2D eigenvalue weighted by molar-refractivity contribution is -0.384. The largest absolute Gasteiger partial charge is 0.361 e. The van der Waals surface area contributed by atoms with Gasteiger partial charge in [0.25, 0.3) is 5.69 Å². The maximum atomic E-state index is 11.4. The minimum atomic E-state index is -0.355. The molecule has 0 unspecified atom stereocenters. The van der Waals surface area contributed by atoms with Crippen LogP contribution in [0.2, 0.25) is 0 Å². The molecule has 0 bridgehead atoms. The number of aromatic amines is 1. The van der Waals surface area contributed by atoms with Crippen LogP contribution in [0, 0.1) is 24.0 Å². The Morgan fingerprint density at radius 3 is 2.71 bits per heavy atom. The van der Waals surface area contributed by atoms with Crippen LogP contribution in [0.4, 0.5) is 11.4 Å². The highest BCUT2D eigenvalue weighted by Gasteiger charge is 2.13. The van der Waals surface area contributed by atoms with E-state index in [1.807, 2.05) is 29.6 Å². The number of benzene rings is 3. The quantitative estimate of drug-likeness (QED) is 0.222. The molecule has 0 fully saturated rings. The molecule has 3 aromatic carbocycles. The second-order valence-electron chi connectivity index (χ2n) is 8.35. The van der Waals surface area contributed by atoms with Crippen LogP contribution < -0.4 is 4.80 Å². The van der Waals surface area contributed by atoms with Gasteiger partial charge in [0.2, 0.25) is 0 Å². The van der Waals surface area contributed by atoms with Crippen molar-refractivity contribution in [3.63, 3.8) is 0 Å². The Bertz CT molecular complexity index is 1580. The molecule has 170 valence electrons. The van der Waals surface area contributed by atoms with Gasteiger partial charge in [0.05, 0.1) is 16.3 Å². The zero-order valence-electron chi connectivity index (χ0n) is 19.0. The summed E-state index contributed by atoms with van der Waals surface area (Å²) in [6.45, 7) is 4.88. The lowest BCUT2D eigenvalue weighted by Crippen LogP contribution is -2.17. The summed E-state index contributed by atoms with van der Waals surface area (Å²) < 4.78 is 2.17. The van der Waals surface area contributed by atoms with Gasteiger partial charge in [-0.1, -0.05) is 36.4 Å². The molecular formula is C27H24N4O2S. The van der Waals surface area contributed by atoms with Crippen LogP contribution in [0.1, 0.15) is 16.7 Å². The van der Waals surface area contributed by atoms with Crippen LogP contribution in [0.5, 0.6) is 0 Å². The second kappa shape index (κ2) is 9.11. The number of non-ortho nitro benzene ring substituents is 1. The number of para-hydroxylation sites is 1.